The Morgan fingerprint density at radius 2 is 1.67 bits per heavy atom. The zero-order valence-corrected chi connectivity index (χ0v) is 21.2. The summed E-state index contributed by atoms with van der Waals surface area (Å²) in [5, 5.41) is 10.7. The van der Waals surface area contributed by atoms with Gasteiger partial charge >= 0.3 is 0 Å². The van der Waals surface area contributed by atoms with Crippen LogP contribution in [0.3, 0.4) is 0 Å². The van der Waals surface area contributed by atoms with Gasteiger partial charge in [0.05, 0.1) is 11.3 Å². The normalized spacial score (nSPS) is 15.0. The Hall–Kier alpha value is -3.31. The number of hydrogen-bond donors (Lipinski definition) is 2. The lowest BCUT2D eigenvalue weighted by Gasteiger charge is -2.24. The van der Waals surface area contributed by atoms with E-state index in [1.54, 1.807) is 0 Å². The van der Waals surface area contributed by atoms with E-state index < -0.39 is 0 Å². The van der Waals surface area contributed by atoms with Crippen LogP contribution in [0.1, 0.15) is 53.6 Å². The van der Waals surface area contributed by atoms with Crippen LogP contribution in [0.4, 0.5) is 5.69 Å². The number of nitrogens with zero attached hydrogens (tertiary/aromatic N) is 1. The second-order valence-corrected chi connectivity index (χ2v) is 9.95. The van der Waals surface area contributed by atoms with Gasteiger partial charge in [0.2, 0.25) is 0 Å². The lowest BCUT2D eigenvalue weighted by Crippen LogP contribution is -2.31. The SMILES string of the molecule is O=C(NCC1CCCCC1)c1cc(Cl)cc2c1N(Cc1ccc(-c3ccccc3)cc1)CC2.O=CO. The lowest BCUT2D eigenvalue weighted by atomic mass is 9.89. The first-order valence-electron chi connectivity index (χ1n) is 12.7. The quantitative estimate of drug-likeness (QED) is 0.372. The van der Waals surface area contributed by atoms with Crippen LogP contribution in [-0.4, -0.2) is 30.6 Å². The molecule has 0 aromatic heterocycles. The fourth-order valence-electron chi connectivity index (χ4n) is 5.30. The lowest BCUT2D eigenvalue weighted by molar-refractivity contribution is -0.122. The Bertz CT molecular complexity index is 1160. The molecule has 188 valence electrons. The zero-order valence-electron chi connectivity index (χ0n) is 20.5. The van der Waals surface area contributed by atoms with E-state index in [4.69, 9.17) is 21.5 Å². The molecule has 0 radical (unpaired) electrons. The molecule has 6 heteroatoms. The minimum Gasteiger partial charge on any atom is -0.483 e. The van der Waals surface area contributed by atoms with Gasteiger partial charge in [-0.15, -0.1) is 0 Å². The Morgan fingerprint density at radius 3 is 2.36 bits per heavy atom. The molecule has 36 heavy (non-hydrogen) atoms. The van der Waals surface area contributed by atoms with Crippen molar-refractivity contribution in [1.29, 1.82) is 0 Å². The Morgan fingerprint density at radius 1 is 1.00 bits per heavy atom. The second kappa shape index (κ2) is 12.6. The largest absolute Gasteiger partial charge is 0.483 e. The van der Waals surface area contributed by atoms with Crippen molar-refractivity contribution < 1.29 is 14.7 Å². The molecule has 1 aliphatic carbocycles. The third-order valence-corrected chi connectivity index (χ3v) is 7.29. The molecule has 1 aliphatic heterocycles. The van der Waals surface area contributed by atoms with Crippen molar-refractivity contribution in [3.05, 3.63) is 88.4 Å². The maximum atomic E-state index is 13.2. The summed E-state index contributed by atoms with van der Waals surface area (Å²) in [5.74, 6) is 0.611. The van der Waals surface area contributed by atoms with Crippen LogP contribution >= 0.6 is 11.6 Å². The molecule has 1 amide bonds. The van der Waals surface area contributed by atoms with E-state index in [0.717, 1.165) is 31.7 Å². The third kappa shape index (κ3) is 6.46. The molecule has 2 aliphatic rings. The first-order chi connectivity index (χ1) is 17.6. The number of carbonyl (C=O) groups excluding carboxylic acids is 1. The summed E-state index contributed by atoms with van der Waals surface area (Å²) in [6.07, 6.45) is 7.25. The number of fused-ring (bicyclic) bond motifs is 1. The average molecular weight is 505 g/mol. The maximum Gasteiger partial charge on any atom is 0.290 e. The minimum absolute atomic E-state index is 0.00523. The number of benzene rings is 3. The van der Waals surface area contributed by atoms with Crippen molar-refractivity contribution >= 4 is 29.7 Å². The highest BCUT2D eigenvalue weighted by Gasteiger charge is 2.27. The highest BCUT2D eigenvalue weighted by atomic mass is 35.5. The standard InChI is InChI=1S/C29H31ClN2O.CH2O2/c30-26-17-25-15-16-32(20-22-11-13-24(14-12-22)23-9-5-2-6-10-23)28(25)27(18-26)29(33)31-19-21-7-3-1-4-8-21;2-1-3/h2,5-6,9-14,17-18,21H,1,3-4,7-8,15-16,19-20H2,(H,31,33);1H,(H,2,3). The maximum absolute atomic E-state index is 13.2. The minimum atomic E-state index is -0.250. The third-order valence-electron chi connectivity index (χ3n) is 7.08. The van der Waals surface area contributed by atoms with Crippen molar-refractivity contribution in [2.75, 3.05) is 18.0 Å². The van der Waals surface area contributed by atoms with Crippen molar-refractivity contribution in [2.24, 2.45) is 5.92 Å². The van der Waals surface area contributed by atoms with Crippen LogP contribution in [0.2, 0.25) is 5.02 Å². The predicted molar refractivity (Wildman–Crippen MR) is 146 cm³/mol. The highest BCUT2D eigenvalue weighted by Crippen LogP contribution is 2.36. The summed E-state index contributed by atoms with van der Waals surface area (Å²) < 4.78 is 0. The Labute approximate surface area is 218 Å². The van der Waals surface area contributed by atoms with Crippen LogP contribution in [0, 0.1) is 5.92 Å². The first kappa shape index (κ1) is 25.8. The van der Waals surface area contributed by atoms with Gasteiger partial charge in [-0.1, -0.05) is 85.5 Å². The van der Waals surface area contributed by atoms with E-state index in [0.29, 0.717) is 16.5 Å². The molecule has 0 bridgehead atoms. The smallest absolute Gasteiger partial charge is 0.290 e. The number of nitrogens with one attached hydrogen (secondary N) is 1. The summed E-state index contributed by atoms with van der Waals surface area (Å²) in [7, 11) is 0. The van der Waals surface area contributed by atoms with Gasteiger partial charge in [0.1, 0.15) is 0 Å². The summed E-state index contributed by atoms with van der Waals surface area (Å²) in [6.45, 7) is 2.20. The molecule has 1 fully saturated rings. The first-order valence-corrected chi connectivity index (χ1v) is 13.0. The topological polar surface area (TPSA) is 69.6 Å². The molecule has 1 heterocycles. The number of amides is 1. The van der Waals surface area contributed by atoms with E-state index >= 15 is 0 Å². The van der Waals surface area contributed by atoms with E-state index in [9.17, 15) is 4.79 Å². The molecular formula is C30H33ClN2O3. The molecule has 5 nitrogen and oxygen atoms in total. The van der Waals surface area contributed by atoms with Crippen molar-refractivity contribution in [2.45, 2.75) is 45.1 Å². The van der Waals surface area contributed by atoms with Gasteiger partial charge in [-0.3, -0.25) is 9.59 Å². The molecule has 3 aromatic rings. The molecule has 0 unspecified atom stereocenters. The number of carbonyl (C=O) groups is 2. The van der Waals surface area contributed by atoms with Crippen LogP contribution in [0.5, 0.6) is 0 Å². The molecule has 0 spiro atoms. The van der Waals surface area contributed by atoms with Crippen molar-refractivity contribution in [1.82, 2.24) is 5.32 Å². The van der Waals surface area contributed by atoms with Crippen LogP contribution in [0.25, 0.3) is 11.1 Å². The zero-order chi connectivity index (χ0) is 25.3. The molecule has 1 saturated carbocycles. The van der Waals surface area contributed by atoms with Gasteiger partial charge in [0.15, 0.2) is 0 Å². The summed E-state index contributed by atoms with van der Waals surface area (Å²) in [6, 6.07) is 23.0. The molecule has 0 saturated heterocycles. The van der Waals surface area contributed by atoms with Crippen LogP contribution in [-0.2, 0) is 17.8 Å². The molecule has 5 rings (SSSR count). The number of hydrogen-bond acceptors (Lipinski definition) is 3. The number of anilines is 1. The molecular weight excluding hydrogens is 472 g/mol. The second-order valence-electron chi connectivity index (χ2n) is 9.52. The van der Waals surface area contributed by atoms with Gasteiger partial charge in [0, 0.05) is 24.7 Å². The number of carboxylic acid groups (broad SMARTS) is 1. The van der Waals surface area contributed by atoms with E-state index in [1.807, 2.05) is 18.2 Å². The van der Waals surface area contributed by atoms with Gasteiger partial charge in [-0.2, -0.15) is 0 Å². The Balaban J connectivity index is 0.000000967. The van der Waals surface area contributed by atoms with Crippen LogP contribution in [0.15, 0.2) is 66.7 Å². The van der Waals surface area contributed by atoms with E-state index in [-0.39, 0.29) is 12.4 Å². The number of rotatable bonds is 6. The highest BCUT2D eigenvalue weighted by molar-refractivity contribution is 6.31. The molecule has 2 N–H and O–H groups in total. The summed E-state index contributed by atoms with van der Waals surface area (Å²) in [4.78, 5) is 23.9. The van der Waals surface area contributed by atoms with Gasteiger partial charge in [-0.25, -0.2) is 0 Å². The summed E-state index contributed by atoms with van der Waals surface area (Å²) >= 11 is 6.41. The molecule has 3 aromatic carbocycles. The van der Waals surface area contributed by atoms with Crippen molar-refractivity contribution in [3.63, 3.8) is 0 Å². The van der Waals surface area contributed by atoms with Crippen molar-refractivity contribution in [3.8, 4) is 11.1 Å². The van der Waals surface area contributed by atoms with Gasteiger partial charge in [0.25, 0.3) is 12.4 Å². The predicted octanol–water partition coefficient (Wildman–Crippen LogP) is 6.58. The van der Waals surface area contributed by atoms with Gasteiger partial charge < -0.3 is 15.3 Å². The van der Waals surface area contributed by atoms with Crippen LogP contribution < -0.4 is 10.2 Å². The Kier molecular flexibility index (Phi) is 9.01. The van der Waals surface area contributed by atoms with Gasteiger partial charge in [-0.05, 0) is 59.6 Å². The average Bonchev–Trinajstić information content (AvgIpc) is 3.31. The molecule has 0 atom stereocenters. The fourth-order valence-corrected chi connectivity index (χ4v) is 5.54. The fraction of sp³-hybridized carbons (Fsp3) is 0.333. The summed E-state index contributed by atoms with van der Waals surface area (Å²) in [5.41, 5.74) is 6.62. The van der Waals surface area contributed by atoms with E-state index in [1.165, 1.54) is 54.4 Å². The monoisotopic (exact) mass is 504 g/mol. The number of halogens is 1. The van der Waals surface area contributed by atoms with E-state index in [2.05, 4.69) is 58.7 Å².